The first-order chi connectivity index (χ1) is 12.6. The Morgan fingerprint density at radius 3 is 2.58 bits per heavy atom. The molecule has 0 radical (unpaired) electrons. The van der Waals surface area contributed by atoms with Crippen LogP contribution in [-0.4, -0.2) is 30.5 Å². The summed E-state index contributed by atoms with van der Waals surface area (Å²) in [5.74, 6) is -0.137. The number of carbonyl (C=O) groups is 1. The molecule has 0 fully saturated rings. The summed E-state index contributed by atoms with van der Waals surface area (Å²) in [6, 6.07) is 16.8. The highest BCUT2D eigenvalue weighted by Gasteiger charge is 2.30. The average molecular weight is 347 g/mol. The number of nitrogens with zero attached hydrogens (tertiary/aromatic N) is 2. The maximum absolute atomic E-state index is 13.6. The predicted molar refractivity (Wildman–Crippen MR) is 105 cm³/mol. The van der Waals surface area contributed by atoms with Crippen molar-refractivity contribution in [1.82, 2.24) is 4.98 Å². The van der Waals surface area contributed by atoms with Crippen molar-refractivity contribution in [2.45, 2.75) is 19.4 Å². The van der Waals surface area contributed by atoms with Gasteiger partial charge in [-0.05, 0) is 31.5 Å². The fourth-order valence-electron chi connectivity index (χ4n) is 3.68. The zero-order chi connectivity index (χ0) is 18.3. The maximum atomic E-state index is 13.6. The number of rotatable bonds is 1. The highest BCUT2D eigenvalue weighted by molar-refractivity contribution is 6.14. The second-order valence-corrected chi connectivity index (χ2v) is 6.82. The Balaban J connectivity index is 1.91. The van der Waals surface area contributed by atoms with Crippen LogP contribution in [0.2, 0.25) is 0 Å². The summed E-state index contributed by atoms with van der Waals surface area (Å²) in [6.45, 7) is 2.93. The lowest BCUT2D eigenvalue weighted by Gasteiger charge is -2.29. The van der Waals surface area contributed by atoms with Crippen molar-refractivity contribution >= 4 is 28.2 Å². The van der Waals surface area contributed by atoms with Crippen LogP contribution < -0.4 is 15.4 Å². The summed E-state index contributed by atoms with van der Waals surface area (Å²) in [6.07, 6.45) is 0.859. The molecule has 0 saturated carbocycles. The first-order valence-electron chi connectivity index (χ1n) is 8.82. The van der Waals surface area contributed by atoms with Crippen LogP contribution in [0.4, 0.5) is 11.4 Å². The van der Waals surface area contributed by atoms with E-state index >= 15 is 0 Å². The van der Waals surface area contributed by atoms with Gasteiger partial charge in [-0.2, -0.15) is 0 Å². The lowest BCUT2D eigenvalue weighted by Crippen LogP contribution is -2.39. The van der Waals surface area contributed by atoms with Gasteiger partial charge in [0.1, 0.15) is 0 Å². The first kappa shape index (κ1) is 16.4. The predicted octanol–water partition coefficient (Wildman–Crippen LogP) is 3.40. The summed E-state index contributed by atoms with van der Waals surface area (Å²) in [5.41, 5.74) is 2.76. The standard InChI is InChI=1S/C21H21N3O2/c1-14-11-12-23(2)18-9-5-6-10-19(18)24(14)21(26)16-13-20(25)22-17-8-4-3-7-15(16)17/h3-10,13-14H,11-12H2,1-2H3,(H,22,25)/t14-/m1/s1. The van der Waals surface area contributed by atoms with Crippen molar-refractivity contribution < 1.29 is 4.79 Å². The van der Waals surface area contributed by atoms with E-state index in [2.05, 4.69) is 16.8 Å². The molecule has 1 atom stereocenters. The van der Waals surface area contributed by atoms with Gasteiger partial charge in [0.25, 0.3) is 5.91 Å². The van der Waals surface area contributed by atoms with E-state index in [0.29, 0.717) is 11.1 Å². The van der Waals surface area contributed by atoms with E-state index in [4.69, 9.17) is 0 Å². The molecular weight excluding hydrogens is 326 g/mol. The number of aromatic amines is 1. The molecule has 4 rings (SSSR count). The van der Waals surface area contributed by atoms with Gasteiger partial charge >= 0.3 is 0 Å². The van der Waals surface area contributed by atoms with Crippen molar-refractivity contribution in [3.05, 3.63) is 70.5 Å². The van der Waals surface area contributed by atoms with Crippen LogP contribution in [0.3, 0.4) is 0 Å². The van der Waals surface area contributed by atoms with Crippen LogP contribution in [0.5, 0.6) is 0 Å². The lowest BCUT2D eigenvalue weighted by atomic mass is 10.1. The summed E-state index contributed by atoms with van der Waals surface area (Å²) in [4.78, 5) is 32.5. The van der Waals surface area contributed by atoms with Crippen LogP contribution in [0.15, 0.2) is 59.4 Å². The Morgan fingerprint density at radius 1 is 1.08 bits per heavy atom. The van der Waals surface area contributed by atoms with Gasteiger partial charge < -0.3 is 14.8 Å². The Bertz CT molecular complexity index is 1040. The van der Waals surface area contributed by atoms with Crippen LogP contribution in [-0.2, 0) is 0 Å². The number of nitrogens with one attached hydrogen (secondary N) is 1. The van der Waals surface area contributed by atoms with Crippen LogP contribution in [0.25, 0.3) is 10.9 Å². The van der Waals surface area contributed by atoms with E-state index in [1.54, 1.807) is 0 Å². The number of benzene rings is 2. The molecule has 0 saturated heterocycles. The minimum atomic E-state index is -0.264. The van der Waals surface area contributed by atoms with Crippen molar-refractivity contribution in [3.63, 3.8) is 0 Å². The quantitative estimate of drug-likeness (QED) is 0.734. The van der Waals surface area contributed by atoms with Gasteiger partial charge in [0.2, 0.25) is 5.56 Å². The molecule has 3 aromatic rings. The minimum Gasteiger partial charge on any atom is -0.373 e. The Morgan fingerprint density at radius 2 is 1.77 bits per heavy atom. The van der Waals surface area contributed by atoms with Crippen molar-refractivity contribution in [2.75, 3.05) is 23.4 Å². The number of fused-ring (bicyclic) bond motifs is 2. The average Bonchev–Trinajstić information content (AvgIpc) is 2.77. The van der Waals surface area contributed by atoms with Gasteiger partial charge in [0, 0.05) is 36.6 Å². The topological polar surface area (TPSA) is 56.4 Å². The molecule has 5 nitrogen and oxygen atoms in total. The normalized spacial score (nSPS) is 17.1. The van der Waals surface area contributed by atoms with Gasteiger partial charge in [-0.15, -0.1) is 0 Å². The lowest BCUT2D eigenvalue weighted by molar-refractivity contribution is 0.0979. The van der Waals surface area contributed by atoms with E-state index in [0.717, 1.165) is 29.7 Å². The van der Waals surface area contributed by atoms with Crippen LogP contribution >= 0.6 is 0 Å². The molecule has 1 aliphatic heterocycles. The van der Waals surface area contributed by atoms with E-state index in [-0.39, 0.29) is 17.5 Å². The monoisotopic (exact) mass is 347 g/mol. The number of anilines is 2. The number of aromatic nitrogens is 1. The van der Waals surface area contributed by atoms with Crippen molar-refractivity contribution in [1.29, 1.82) is 0 Å². The SMILES string of the molecule is C[C@@H]1CCN(C)c2ccccc2N1C(=O)c1cc(=O)[nH]c2ccccc12. The van der Waals surface area contributed by atoms with Gasteiger partial charge in [-0.3, -0.25) is 9.59 Å². The zero-order valence-electron chi connectivity index (χ0n) is 14.9. The summed E-state index contributed by atoms with van der Waals surface area (Å²) >= 11 is 0. The zero-order valence-corrected chi connectivity index (χ0v) is 14.9. The summed E-state index contributed by atoms with van der Waals surface area (Å²) in [7, 11) is 2.04. The molecule has 2 aromatic carbocycles. The van der Waals surface area contributed by atoms with E-state index in [1.165, 1.54) is 6.07 Å². The molecule has 1 aliphatic rings. The smallest absolute Gasteiger partial charge is 0.259 e. The molecule has 2 heterocycles. The highest BCUT2D eigenvalue weighted by atomic mass is 16.2. The van der Waals surface area contributed by atoms with Gasteiger partial charge in [-0.25, -0.2) is 0 Å². The van der Waals surface area contributed by atoms with Gasteiger partial charge in [-0.1, -0.05) is 30.3 Å². The highest BCUT2D eigenvalue weighted by Crippen LogP contribution is 2.35. The van der Waals surface area contributed by atoms with Gasteiger partial charge in [0.15, 0.2) is 0 Å². The van der Waals surface area contributed by atoms with E-state index < -0.39 is 0 Å². The molecule has 0 bridgehead atoms. The number of para-hydroxylation sites is 3. The third-order valence-electron chi connectivity index (χ3n) is 5.08. The molecule has 1 aromatic heterocycles. The Labute approximate surface area is 151 Å². The Kier molecular flexibility index (Phi) is 3.99. The minimum absolute atomic E-state index is 0.0339. The Hall–Kier alpha value is -3.08. The summed E-state index contributed by atoms with van der Waals surface area (Å²) < 4.78 is 0. The van der Waals surface area contributed by atoms with Gasteiger partial charge in [0.05, 0.1) is 16.9 Å². The number of pyridine rings is 1. The molecule has 1 N–H and O–H groups in total. The number of carbonyl (C=O) groups excluding carboxylic acids is 1. The van der Waals surface area contributed by atoms with Crippen LogP contribution in [0, 0.1) is 0 Å². The second-order valence-electron chi connectivity index (χ2n) is 6.82. The molecule has 5 heteroatoms. The molecule has 0 spiro atoms. The largest absolute Gasteiger partial charge is 0.373 e. The van der Waals surface area contributed by atoms with Crippen LogP contribution in [0.1, 0.15) is 23.7 Å². The van der Waals surface area contributed by atoms with E-state index in [1.807, 2.05) is 60.5 Å². The number of hydrogen-bond donors (Lipinski definition) is 1. The second kappa shape index (κ2) is 6.33. The fraction of sp³-hybridized carbons (Fsp3) is 0.238. The van der Waals surface area contributed by atoms with Crippen molar-refractivity contribution in [3.8, 4) is 0 Å². The fourth-order valence-corrected chi connectivity index (χ4v) is 3.68. The molecule has 0 unspecified atom stereocenters. The summed E-state index contributed by atoms with van der Waals surface area (Å²) in [5, 5.41) is 0.763. The van der Waals surface area contributed by atoms with Crippen molar-refractivity contribution in [2.24, 2.45) is 0 Å². The molecule has 0 aliphatic carbocycles. The molecule has 132 valence electrons. The van der Waals surface area contributed by atoms with E-state index in [9.17, 15) is 9.59 Å². The maximum Gasteiger partial charge on any atom is 0.259 e. The first-order valence-corrected chi connectivity index (χ1v) is 8.82. The number of H-pyrrole nitrogens is 1. The molecular formula is C21H21N3O2. The number of hydrogen-bond acceptors (Lipinski definition) is 3. The third kappa shape index (κ3) is 2.65. The molecule has 1 amide bonds. The number of amides is 1. The third-order valence-corrected chi connectivity index (χ3v) is 5.08. The molecule has 26 heavy (non-hydrogen) atoms.